The quantitative estimate of drug-likeness (QED) is 0.654. The van der Waals surface area contributed by atoms with Gasteiger partial charge in [-0.1, -0.05) is 50.5 Å². The highest BCUT2D eigenvalue weighted by atomic mass is 32.2. The molecule has 21 heavy (non-hydrogen) atoms. The molecule has 0 saturated heterocycles. The molecule has 1 rings (SSSR count). The van der Waals surface area contributed by atoms with Crippen LogP contribution in [0.1, 0.15) is 62.3 Å². The summed E-state index contributed by atoms with van der Waals surface area (Å²) in [5.74, 6) is 1.57. The van der Waals surface area contributed by atoms with E-state index in [2.05, 4.69) is 51.2 Å². The number of hydrogen-bond acceptors (Lipinski definition) is 2. The largest absolute Gasteiger partial charge is 0.309 e. The molecular formula is C18H31NOS. The number of unbranched alkanes of at least 4 members (excludes halogenated alkanes) is 2. The molecule has 0 spiro atoms. The molecule has 0 heterocycles. The van der Waals surface area contributed by atoms with Gasteiger partial charge in [0, 0.05) is 28.3 Å². The first kappa shape index (κ1) is 18.4. The van der Waals surface area contributed by atoms with Crippen molar-refractivity contribution in [1.82, 2.24) is 5.32 Å². The van der Waals surface area contributed by atoms with E-state index >= 15 is 0 Å². The van der Waals surface area contributed by atoms with E-state index in [0.29, 0.717) is 0 Å². The Bertz CT molecular complexity index is 445. The van der Waals surface area contributed by atoms with Crippen LogP contribution in [0, 0.1) is 13.8 Å². The lowest BCUT2D eigenvalue weighted by Crippen LogP contribution is -2.28. The summed E-state index contributed by atoms with van der Waals surface area (Å²) in [6.45, 7) is 9.60. The molecule has 0 bridgehead atoms. The molecule has 2 unspecified atom stereocenters. The van der Waals surface area contributed by atoms with Crippen molar-refractivity contribution in [2.75, 3.05) is 18.1 Å². The Morgan fingerprint density at radius 3 is 2.57 bits per heavy atom. The Kier molecular flexibility index (Phi) is 8.86. The van der Waals surface area contributed by atoms with Crippen LogP contribution in [0.2, 0.25) is 0 Å². The van der Waals surface area contributed by atoms with Crippen molar-refractivity contribution in [2.24, 2.45) is 0 Å². The minimum absolute atomic E-state index is 0.215. The fraction of sp³-hybridized carbons (Fsp3) is 0.667. The molecule has 1 N–H and O–H groups in total. The fourth-order valence-corrected chi connectivity index (χ4v) is 3.86. The van der Waals surface area contributed by atoms with Gasteiger partial charge in [-0.2, -0.15) is 0 Å². The third-order valence-corrected chi connectivity index (χ3v) is 5.23. The lowest BCUT2D eigenvalue weighted by molar-refractivity contribution is 0.566. The number of benzene rings is 1. The Labute approximate surface area is 133 Å². The summed E-state index contributed by atoms with van der Waals surface area (Å²) in [6.07, 6.45) is 4.55. The lowest BCUT2D eigenvalue weighted by Gasteiger charge is -2.21. The SMILES string of the molecule is CCCCCS(=O)CC(NCCC)c1cc(C)ccc1C. The molecule has 0 fully saturated rings. The Morgan fingerprint density at radius 2 is 1.90 bits per heavy atom. The smallest absolute Gasteiger partial charge is 0.0439 e. The molecule has 0 saturated carbocycles. The van der Waals surface area contributed by atoms with E-state index in [0.717, 1.165) is 30.9 Å². The summed E-state index contributed by atoms with van der Waals surface area (Å²) < 4.78 is 12.3. The third kappa shape index (κ3) is 6.75. The zero-order valence-corrected chi connectivity index (χ0v) is 14.9. The molecule has 0 aliphatic rings. The van der Waals surface area contributed by atoms with Gasteiger partial charge in [-0.25, -0.2) is 0 Å². The maximum absolute atomic E-state index is 12.3. The van der Waals surface area contributed by atoms with Crippen molar-refractivity contribution in [3.8, 4) is 0 Å². The zero-order valence-electron chi connectivity index (χ0n) is 14.1. The second-order valence-corrected chi connectivity index (χ2v) is 7.51. The summed E-state index contributed by atoms with van der Waals surface area (Å²) in [5.41, 5.74) is 3.88. The molecule has 0 amide bonds. The fourth-order valence-electron chi connectivity index (χ4n) is 2.49. The molecule has 0 aromatic heterocycles. The maximum Gasteiger partial charge on any atom is 0.0439 e. The van der Waals surface area contributed by atoms with Crippen molar-refractivity contribution < 1.29 is 4.21 Å². The third-order valence-electron chi connectivity index (χ3n) is 3.78. The van der Waals surface area contributed by atoms with E-state index in [1.807, 2.05) is 0 Å². The summed E-state index contributed by atoms with van der Waals surface area (Å²) in [4.78, 5) is 0. The van der Waals surface area contributed by atoms with Crippen molar-refractivity contribution in [3.63, 3.8) is 0 Å². The van der Waals surface area contributed by atoms with Crippen molar-refractivity contribution in [3.05, 3.63) is 34.9 Å². The number of nitrogens with one attached hydrogen (secondary N) is 1. The Balaban J connectivity index is 2.75. The van der Waals surface area contributed by atoms with E-state index < -0.39 is 10.8 Å². The van der Waals surface area contributed by atoms with Crippen LogP contribution in [0.15, 0.2) is 18.2 Å². The molecule has 0 radical (unpaired) electrons. The van der Waals surface area contributed by atoms with Crippen LogP contribution >= 0.6 is 0 Å². The monoisotopic (exact) mass is 309 g/mol. The highest BCUT2D eigenvalue weighted by molar-refractivity contribution is 7.85. The molecule has 2 nitrogen and oxygen atoms in total. The van der Waals surface area contributed by atoms with Gasteiger partial charge in [-0.3, -0.25) is 4.21 Å². The highest BCUT2D eigenvalue weighted by Crippen LogP contribution is 2.21. The second kappa shape index (κ2) is 10.1. The van der Waals surface area contributed by atoms with Crippen molar-refractivity contribution in [1.29, 1.82) is 0 Å². The molecular weight excluding hydrogens is 278 g/mol. The van der Waals surface area contributed by atoms with E-state index in [4.69, 9.17) is 0 Å². The summed E-state index contributed by atoms with van der Waals surface area (Å²) in [7, 11) is -0.733. The Morgan fingerprint density at radius 1 is 1.14 bits per heavy atom. The zero-order chi connectivity index (χ0) is 15.7. The Hall–Kier alpha value is -0.670. The maximum atomic E-state index is 12.3. The first-order valence-electron chi connectivity index (χ1n) is 8.24. The summed E-state index contributed by atoms with van der Waals surface area (Å²) >= 11 is 0. The van der Waals surface area contributed by atoms with Gasteiger partial charge in [0.05, 0.1) is 0 Å². The first-order chi connectivity index (χ1) is 10.1. The molecule has 1 aromatic rings. The molecule has 2 atom stereocenters. The van der Waals surface area contributed by atoms with Crippen molar-refractivity contribution in [2.45, 2.75) is 59.4 Å². The van der Waals surface area contributed by atoms with Crippen LogP contribution < -0.4 is 5.32 Å². The normalized spacial score (nSPS) is 14.1. The van der Waals surface area contributed by atoms with E-state index in [1.54, 1.807) is 0 Å². The summed E-state index contributed by atoms with van der Waals surface area (Å²) in [6, 6.07) is 6.78. The second-order valence-electron chi connectivity index (χ2n) is 5.88. The molecule has 0 aliphatic heterocycles. The van der Waals surface area contributed by atoms with Gasteiger partial charge in [0.1, 0.15) is 0 Å². The van der Waals surface area contributed by atoms with Crippen LogP contribution in [0.25, 0.3) is 0 Å². The van der Waals surface area contributed by atoms with Gasteiger partial charge in [-0.05, 0) is 44.4 Å². The van der Waals surface area contributed by atoms with Gasteiger partial charge in [0.25, 0.3) is 0 Å². The highest BCUT2D eigenvalue weighted by Gasteiger charge is 2.16. The van der Waals surface area contributed by atoms with Gasteiger partial charge < -0.3 is 5.32 Å². The first-order valence-corrected chi connectivity index (χ1v) is 9.72. The van der Waals surface area contributed by atoms with Gasteiger partial charge in [-0.15, -0.1) is 0 Å². The van der Waals surface area contributed by atoms with E-state index in [1.165, 1.54) is 29.5 Å². The summed E-state index contributed by atoms with van der Waals surface area (Å²) in [5, 5.41) is 3.58. The number of hydrogen-bond donors (Lipinski definition) is 1. The molecule has 3 heteroatoms. The van der Waals surface area contributed by atoms with Crippen LogP contribution in [-0.4, -0.2) is 22.3 Å². The predicted octanol–water partition coefficient (Wildman–Crippen LogP) is 4.28. The molecule has 1 aromatic carbocycles. The van der Waals surface area contributed by atoms with Crippen molar-refractivity contribution >= 4 is 10.8 Å². The number of aryl methyl sites for hydroxylation is 2. The minimum Gasteiger partial charge on any atom is -0.309 e. The molecule has 0 aliphatic carbocycles. The van der Waals surface area contributed by atoms with Crippen LogP contribution in [-0.2, 0) is 10.8 Å². The minimum atomic E-state index is -0.733. The molecule has 120 valence electrons. The van der Waals surface area contributed by atoms with Crippen LogP contribution in [0.3, 0.4) is 0 Å². The van der Waals surface area contributed by atoms with Crippen LogP contribution in [0.4, 0.5) is 0 Å². The predicted molar refractivity (Wildman–Crippen MR) is 94.4 cm³/mol. The average Bonchev–Trinajstić information content (AvgIpc) is 2.46. The van der Waals surface area contributed by atoms with Gasteiger partial charge >= 0.3 is 0 Å². The van der Waals surface area contributed by atoms with Gasteiger partial charge in [0.15, 0.2) is 0 Å². The van der Waals surface area contributed by atoms with E-state index in [-0.39, 0.29) is 6.04 Å². The topological polar surface area (TPSA) is 29.1 Å². The van der Waals surface area contributed by atoms with Crippen LogP contribution in [0.5, 0.6) is 0 Å². The lowest BCUT2D eigenvalue weighted by atomic mass is 10.00. The van der Waals surface area contributed by atoms with E-state index in [9.17, 15) is 4.21 Å². The number of rotatable bonds is 10. The van der Waals surface area contributed by atoms with Gasteiger partial charge in [0.2, 0.25) is 0 Å². The standard InChI is InChI=1S/C18H31NOS/c1-5-7-8-12-21(20)14-18(19-11-6-2)17-13-15(3)9-10-16(17)4/h9-10,13,18-19H,5-8,11-12,14H2,1-4H3. The average molecular weight is 310 g/mol.